The van der Waals surface area contributed by atoms with Gasteiger partial charge in [-0.15, -0.1) is 0 Å². The van der Waals surface area contributed by atoms with Crippen LogP contribution in [0.1, 0.15) is 0 Å². The molecule has 0 radical (unpaired) electrons. The van der Waals surface area contributed by atoms with Gasteiger partial charge in [-0.2, -0.15) is 0 Å². The Hall–Kier alpha value is -1.77. The Morgan fingerprint density at radius 2 is 2.08 bits per heavy atom. The molecular weight excluding hydrogens is 150 g/mol. The van der Waals surface area contributed by atoms with Crippen molar-refractivity contribution in [3.05, 3.63) is 30.6 Å². The molecule has 3 nitrogen and oxygen atoms in total. The fourth-order valence-electron chi connectivity index (χ4n) is 1.53. The molecule has 2 heterocycles. The van der Waals surface area contributed by atoms with Crippen LogP contribution in [-0.2, 0) is 0 Å². The lowest BCUT2D eigenvalue weighted by Crippen LogP contribution is -1.66. The van der Waals surface area contributed by atoms with E-state index in [4.69, 9.17) is 0 Å². The van der Waals surface area contributed by atoms with Gasteiger partial charge in [-0.05, 0) is 6.07 Å². The largest absolute Gasteiger partial charge is 0.343 e. The maximum atomic E-state index is 4.14. The third kappa shape index (κ3) is 0.580. The van der Waals surface area contributed by atoms with Crippen molar-refractivity contribution in [2.24, 2.45) is 0 Å². The van der Waals surface area contributed by atoms with E-state index in [-0.39, 0.29) is 0 Å². The van der Waals surface area contributed by atoms with Crippen molar-refractivity contribution in [2.45, 2.75) is 0 Å². The van der Waals surface area contributed by atoms with Gasteiger partial charge in [-0.3, -0.25) is 0 Å². The summed E-state index contributed by atoms with van der Waals surface area (Å²) < 4.78 is 0. The predicted molar refractivity (Wildman–Crippen MR) is 48.0 cm³/mol. The third-order valence-electron chi connectivity index (χ3n) is 2.09. The van der Waals surface area contributed by atoms with Gasteiger partial charge in [0.25, 0.3) is 0 Å². The summed E-state index contributed by atoms with van der Waals surface area (Å²) in [4.78, 5) is 10.5. The van der Waals surface area contributed by atoms with E-state index in [1.54, 1.807) is 6.33 Å². The Kier molecular flexibility index (Phi) is 0.913. The van der Waals surface area contributed by atoms with Gasteiger partial charge in [0.1, 0.15) is 0 Å². The minimum Gasteiger partial charge on any atom is -0.343 e. The van der Waals surface area contributed by atoms with Crippen molar-refractivity contribution in [2.75, 3.05) is 0 Å². The summed E-state index contributed by atoms with van der Waals surface area (Å²) in [6.07, 6.45) is 1.70. The molecule has 58 valence electrons. The van der Waals surface area contributed by atoms with E-state index >= 15 is 0 Å². The van der Waals surface area contributed by atoms with Crippen LogP contribution in [0.25, 0.3) is 22.1 Å². The van der Waals surface area contributed by atoms with Crippen LogP contribution in [0.3, 0.4) is 0 Å². The van der Waals surface area contributed by atoms with Crippen LogP contribution in [-0.4, -0.2) is 15.0 Å². The van der Waals surface area contributed by atoms with Gasteiger partial charge >= 0.3 is 0 Å². The lowest BCUT2D eigenvalue weighted by atomic mass is 10.2. The molecule has 3 rings (SSSR count). The van der Waals surface area contributed by atoms with E-state index in [1.165, 1.54) is 5.39 Å². The number of nitrogens with zero attached hydrogens (tertiary/aromatic N) is 1. The van der Waals surface area contributed by atoms with Crippen molar-refractivity contribution in [3.8, 4) is 0 Å². The zero-order valence-electron chi connectivity index (χ0n) is 6.33. The number of aromatic nitrogens is 3. The summed E-state index contributed by atoms with van der Waals surface area (Å²) in [5.74, 6) is 0. The topological polar surface area (TPSA) is 44.5 Å². The second-order valence-electron chi connectivity index (χ2n) is 2.80. The highest BCUT2D eigenvalue weighted by Gasteiger charge is 2.03. The summed E-state index contributed by atoms with van der Waals surface area (Å²) in [5.41, 5.74) is 3.15. The maximum Gasteiger partial charge on any atom is 0.156 e. The van der Waals surface area contributed by atoms with E-state index in [2.05, 4.69) is 21.0 Å². The van der Waals surface area contributed by atoms with Crippen LogP contribution in [0.4, 0.5) is 0 Å². The van der Waals surface area contributed by atoms with Crippen molar-refractivity contribution >= 4 is 22.1 Å². The second kappa shape index (κ2) is 1.88. The summed E-state index contributed by atoms with van der Waals surface area (Å²) in [7, 11) is 0. The van der Waals surface area contributed by atoms with Crippen LogP contribution in [0.2, 0.25) is 0 Å². The number of imidazole rings is 1. The Balaban J connectivity index is 2.68. The molecule has 12 heavy (non-hydrogen) atoms. The first-order valence-electron chi connectivity index (χ1n) is 3.85. The minimum absolute atomic E-state index is 0.927. The highest BCUT2D eigenvalue weighted by atomic mass is 15.0. The number of fused-ring (bicyclic) bond motifs is 3. The average Bonchev–Trinajstić information content (AvgIpc) is 2.62. The lowest BCUT2D eigenvalue weighted by molar-refractivity contribution is 1.31. The number of nitrogens with one attached hydrogen (secondary N) is 2. The fourth-order valence-corrected chi connectivity index (χ4v) is 1.53. The van der Waals surface area contributed by atoms with Crippen molar-refractivity contribution in [1.82, 2.24) is 15.0 Å². The molecule has 1 aromatic carbocycles. The number of benzene rings is 1. The molecule has 3 aromatic rings. The standard InChI is InChI=1S/C9H7N3/c1-2-4-7-6(3-1)8-9(12-7)11-5-10-8/h1-5,12H,(H,10,11). The van der Waals surface area contributed by atoms with Crippen LogP contribution >= 0.6 is 0 Å². The molecule has 0 saturated heterocycles. The number of para-hydroxylation sites is 1. The molecule has 2 aromatic heterocycles. The van der Waals surface area contributed by atoms with Crippen LogP contribution < -0.4 is 0 Å². The molecule has 0 saturated carbocycles. The first kappa shape index (κ1) is 5.83. The van der Waals surface area contributed by atoms with Crippen molar-refractivity contribution in [1.29, 1.82) is 0 Å². The highest BCUT2D eigenvalue weighted by Crippen LogP contribution is 2.21. The molecule has 0 aliphatic rings. The van der Waals surface area contributed by atoms with E-state index in [0.717, 1.165) is 16.7 Å². The molecule has 3 heteroatoms. The Morgan fingerprint density at radius 3 is 3.08 bits per heavy atom. The van der Waals surface area contributed by atoms with Gasteiger partial charge in [0, 0.05) is 10.9 Å². The zero-order chi connectivity index (χ0) is 7.97. The number of aromatic amines is 2. The molecule has 2 N–H and O–H groups in total. The van der Waals surface area contributed by atoms with Gasteiger partial charge in [0.05, 0.1) is 11.8 Å². The minimum atomic E-state index is 0.927. The van der Waals surface area contributed by atoms with E-state index in [1.807, 2.05) is 18.2 Å². The van der Waals surface area contributed by atoms with Gasteiger partial charge in [-0.25, -0.2) is 4.98 Å². The Bertz CT molecular complexity index is 532. The average molecular weight is 157 g/mol. The van der Waals surface area contributed by atoms with E-state index in [9.17, 15) is 0 Å². The smallest absolute Gasteiger partial charge is 0.156 e. The molecule has 0 atom stereocenters. The number of rotatable bonds is 0. The Morgan fingerprint density at radius 1 is 1.17 bits per heavy atom. The monoisotopic (exact) mass is 157 g/mol. The highest BCUT2D eigenvalue weighted by molar-refractivity contribution is 6.03. The van der Waals surface area contributed by atoms with Crippen LogP contribution in [0, 0.1) is 0 Å². The van der Waals surface area contributed by atoms with Gasteiger partial charge in [0.2, 0.25) is 0 Å². The van der Waals surface area contributed by atoms with Gasteiger partial charge in [-0.1, -0.05) is 18.2 Å². The van der Waals surface area contributed by atoms with Crippen molar-refractivity contribution < 1.29 is 0 Å². The third-order valence-corrected chi connectivity index (χ3v) is 2.09. The molecule has 0 bridgehead atoms. The molecule has 0 spiro atoms. The first-order valence-corrected chi connectivity index (χ1v) is 3.85. The quantitative estimate of drug-likeness (QED) is 0.515. The Labute approximate surface area is 68.4 Å². The maximum absolute atomic E-state index is 4.14. The summed E-state index contributed by atoms with van der Waals surface area (Å²) in [6, 6.07) is 8.16. The normalized spacial score (nSPS) is 11.3. The van der Waals surface area contributed by atoms with Gasteiger partial charge in [0.15, 0.2) is 5.65 Å². The molecule has 0 unspecified atom stereocenters. The number of H-pyrrole nitrogens is 2. The van der Waals surface area contributed by atoms with Crippen molar-refractivity contribution in [3.63, 3.8) is 0 Å². The predicted octanol–water partition coefficient (Wildman–Crippen LogP) is 2.04. The summed E-state index contributed by atoms with van der Waals surface area (Å²) in [6.45, 7) is 0. The second-order valence-corrected chi connectivity index (χ2v) is 2.80. The van der Waals surface area contributed by atoms with Crippen LogP contribution in [0.5, 0.6) is 0 Å². The van der Waals surface area contributed by atoms with Gasteiger partial charge < -0.3 is 9.97 Å². The first-order chi connectivity index (χ1) is 5.95. The van der Waals surface area contributed by atoms with E-state index in [0.29, 0.717) is 0 Å². The SMILES string of the molecule is c1ccc2c(c1)[nH]c1nc[nH]c12. The lowest BCUT2D eigenvalue weighted by Gasteiger charge is -1.85. The number of hydrogen-bond donors (Lipinski definition) is 2. The molecule has 0 aliphatic carbocycles. The molecular formula is C9H7N3. The molecule has 0 aliphatic heterocycles. The summed E-state index contributed by atoms with van der Waals surface area (Å²) in [5, 5.41) is 1.20. The fraction of sp³-hybridized carbons (Fsp3) is 0. The van der Waals surface area contributed by atoms with E-state index < -0.39 is 0 Å². The molecule has 0 fully saturated rings. The summed E-state index contributed by atoms with van der Waals surface area (Å²) >= 11 is 0. The van der Waals surface area contributed by atoms with Crippen LogP contribution in [0.15, 0.2) is 30.6 Å². The zero-order valence-corrected chi connectivity index (χ0v) is 6.33. The molecule has 0 amide bonds. The number of hydrogen-bond acceptors (Lipinski definition) is 1.